The molecule has 20 heavy (non-hydrogen) atoms. The molecule has 1 aliphatic heterocycles. The van der Waals surface area contributed by atoms with E-state index in [2.05, 4.69) is 35.6 Å². The molecule has 0 aromatic carbocycles. The summed E-state index contributed by atoms with van der Waals surface area (Å²) >= 11 is 1.75. The van der Waals surface area contributed by atoms with E-state index in [9.17, 15) is 4.79 Å². The molecule has 1 N–H and O–H groups in total. The molecule has 0 fully saturated rings. The third-order valence-electron chi connectivity index (χ3n) is 3.35. The lowest BCUT2D eigenvalue weighted by Gasteiger charge is -2.33. The van der Waals surface area contributed by atoms with Gasteiger partial charge < -0.3 is 5.32 Å². The average Bonchev–Trinajstić information content (AvgIpc) is 2.86. The molecule has 102 valence electrons. The van der Waals surface area contributed by atoms with Crippen LogP contribution in [0, 0.1) is 0 Å². The van der Waals surface area contributed by atoms with Gasteiger partial charge in [0, 0.05) is 52.1 Å². The number of pyridine rings is 1. The summed E-state index contributed by atoms with van der Waals surface area (Å²) in [6.07, 6.45) is 5.96. The quantitative estimate of drug-likeness (QED) is 0.679. The van der Waals surface area contributed by atoms with E-state index in [-0.39, 0.29) is 11.3 Å². The third-order valence-corrected chi connectivity index (χ3v) is 4.27. The zero-order valence-corrected chi connectivity index (χ0v) is 12.3. The minimum Gasteiger partial charge on any atom is -0.379 e. The molecule has 3 heterocycles. The Hall–Kier alpha value is -1.94. The fraction of sp³-hybridized carbons (Fsp3) is 0.250. The summed E-state index contributed by atoms with van der Waals surface area (Å²) < 4.78 is 0. The minimum absolute atomic E-state index is 0.00440. The predicted octanol–water partition coefficient (Wildman–Crippen LogP) is 3.29. The zero-order valence-electron chi connectivity index (χ0n) is 11.5. The Kier molecular flexibility index (Phi) is 3.18. The van der Waals surface area contributed by atoms with Gasteiger partial charge in [-0.3, -0.25) is 9.78 Å². The van der Waals surface area contributed by atoms with Crippen LogP contribution in [0.2, 0.25) is 0 Å². The smallest absolute Gasteiger partial charge is 0.188 e. The molecular weight excluding hydrogens is 268 g/mol. The first-order valence-corrected chi connectivity index (χ1v) is 7.44. The van der Waals surface area contributed by atoms with Gasteiger partial charge in [-0.15, -0.1) is 11.3 Å². The molecule has 0 unspecified atom stereocenters. The molecule has 0 spiro atoms. The average molecular weight is 284 g/mol. The van der Waals surface area contributed by atoms with Crippen LogP contribution in [0.25, 0.3) is 5.70 Å². The lowest BCUT2D eigenvalue weighted by Crippen LogP contribution is -2.43. The molecule has 0 saturated carbocycles. The molecule has 2 aromatic heterocycles. The van der Waals surface area contributed by atoms with Crippen LogP contribution < -0.4 is 5.32 Å². The van der Waals surface area contributed by atoms with Crippen molar-refractivity contribution >= 4 is 22.8 Å². The molecular formula is C16H16N2OS. The number of ketones is 1. The number of hydrogen-bond donors (Lipinski definition) is 1. The number of rotatable bonds is 2. The van der Waals surface area contributed by atoms with Crippen molar-refractivity contribution in [1.29, 1.82) is 0 Å². The molecule has 1 aliphatic rings. The van der Waals surface area contributed by atoms with Gasteiger partial charge in [-0.05, 0) is 37.4 Å². The van der Waals surface area contributed by atoms with Gasteiger partial charge in [-0.25, -0.2) is 0 Å². The number of carbonyl (C=O) groups is 1. The molecule has 3 nitrogen and oxygen atoms in total. The summed E-state index contributed by atoms with van der Waals surface area (Å²) in [5.41, 5.74) is 2.70. The highest BCUT2D eigenvalue weighted by Gasteiger charge is 2.28. The van der Waals surface area contributed by atoms with Gasteiger partial charge in [0.2, 0.25) is 0 Å². The van der Waals surface area contributed by atoms with Crippen molar-refractivity contribution < 1.29 is 4.79 Å². The van der Waals surface area contributed by atoms with E-state index >= 15 is 0 Å². The number of nitrogens with zero attached hydrogens (tertiary/aromatic N) is 1. The molecule has 0 saturated heterocycles. The lowest BCUT2D eigenvalue weighted by atomic mass is 9.91. The second kappa shape index (κ2) is 4.87. The standard InChI is InChI=1S/C16H16N2OS/c1-16(2)10-15-12(5-8-20-15)13(18-16)9-14(19)11-3-6-17-7-4-11/h3-9,18H,10H2,1-2H3/b13-9-. The monoisotopic (exact) mass is 284 g/mol. The molecule has 0 bridgehead atoms. The largest absolute Gasteiger partial charge is 0.379 e. The Morgan fingerprint density at radius 1 is 1.35 bits per heavy atom. The van der Waals surface area contributed by atoms with Crippen molar-refractivity contribution in [3.63, 3.8) is 0 Å². The summed E-state index contributed by atoms with van der Waals surface area (Å²) in [6.45, 7) is 4.31. The van der Waals surface area contributed by atoms with Crippen molar-refractivity contribution in [1.82, 2.24) is 10.3 Å². The molecule has 0 amide bonds. The SMILES string of the molecule is CC1(C)Cc2sccc2/C(=C/C(=O)c2ccncc2)N1. The highest BCUT2D eigenvalue weighted by molar-refractivity contribution is 7.10. The van der Waals surface area contributed by atoms with Gasteiger partial charge in [-0.1, -0.05) is 0 Å². The highest BCUT2D eigenvalue weighted by atomic mass is 32.1. The first-order chi connectivity index (χ1) is 9.55. The summed E-state index contributed by atoms with van der Waals surface area (Å²) in [6, 6.07) is 5.55. The Labute approximate surface area is 122 Å². The van der Waals surface area contributed by atoms with E-state index in [1.807, 2.05) is 0 Å². The van der Waals surface area contributed by atoms with Crippen molar-refractivity contribution in [2.45, 2.75) is 25.8 Å². The second-order valence-electron chi connectivity index (χ2n) is 5.60. The van der Waals surface area contributed by atoms with E-state index in [0.717, 1.165) is 17.7 Å². The maximum Gasteiger partial charge on any atom is 0.188 e. The maximum atomic E-state index is 12.3. The van der Waals surface area contributed by atoms with Gasteiger partial charge in [0.25, 0.3) is 0 Å². The minimum atomic E-state index is -0.0256. The number of allylic oxidation sites excluding steroid dienone is 1. The number of thiophene rings is 1. The van der Waals surface area contributed by atoms with Crippen LogP contribution >= 0.6 is 11.3 Å². The van der Waals surface area contributed by atoms with Gasteiger partial charge >= 0.3 is 0 Å². The van der Waals surface area contributed by atoms with Crippen molar-refractivity contribution in [2.75, 3.05) is 0 Å². The summed E-state index contributed by atoms with van der Waals surface area (Å²) in [5, 5.41) is 5.55. The molecule has 3 rings (SSSR count). The van der Waals surface area contributed by atoms with Crippen LogP contribution in [0.15, 0.2) is 42.0 Å². The summed E-state index contributed by atoms with van der Waals surface area (Å²) in [5.74, 6) is 0.00440. The van der Waals surface area contributed by atoms with E-state index in [0.29, 0.717) is 5.56 Å². The number of fused-ring (bicyclic) bond motifs is 1. The molecule has 0 aliphatic carbocycles. The Balaban J connectivity index is 1.98. The number of aromatic nitrogens is 1. The molecule has 0 radical (unpaired) electrons. The molecule has 2 aromatic rings. The third kappa shape index (κ3) is 2.51. The fourth-order valence-electron chi connectivity index (χ4n) is 2.44. The Morgan fingerprint density at radius 2 is 2.10 bits per heavy atom. The van der Waals surface area contributed by atoms with Gasteiger partial charge in [-0.2, -0.15) is 0 Å². The lowest BCUT2D eigenvalue weighted by molar-refractivity contribution is 0.104. The van der Waals surface area contributed by atoms with E-state index in [1.165, 1.54) is 4.88 Å². The zero-order chi connectivity index (χ0) is 14.2. The van der Waals surface area contributed by atoms with Crippen molar-refractivity contribution in [3.8, 4) is 0 Å². The summed E-state index contributed by atoms with van der Waals surface area (Å²) in [7, 11) is 0. The van der Waals surface area contributed by atoms with Gasteiger partial charge in [0.05, 0.1) is 0 Å². The Bertz CT molecular complexity index is 671. The van der Waals surface area contributed by atoms with Crippen LogP contribution in [0.5, 0.6) is 0 Å². The van der Waals surface area contributed by atoms with Crippen LogP contribution in [0.4, 0.5) is 0 Å². The Morgan fingerprint density at radius 3 is 2.85 bits per heavy atom. The molecule has 0 atom stereocenters. The number of nitrogens with one attached hydrogen (secondary N) is 1. The van der Waals surface area contributed by atoms with Crippen LogP contribution in [0.3, 0.4) is 0 Å². The number of hydrogen-bond acceptors (Lipinski definition) is 4. The highest BCUT2D eigenvalue weighted by Crippen LogP contribution is 2.33. The molecule has 4 heteroatoms. The predicted molar refractivity (Wildman–Crippen MR) is 81.8 cm³/mol. The van der Waals surface area contributed by atoms with E-state index in [1.54, 1.807) is 41.9 Å². The first-order valence-electron chi connectivity index (χ1n) is 6.56. The maximum absolute atomic E-state index is 12.3. The van der Waals surface area contributed by atoms with Crippen LogP contribution in [-0.4, -0.2) is 16.3 Å². The van der Waals surface area contributed by atoms with Crippen LogP contribution in [0.1, 0.15) is 34.6 Å². The van der Waals surface area contributed by atoms with Gasteiger partial charge in [0.1, 0.15) is 0 Å². The van der Waals surface area contributed by atoms with Crippen molar-refractivity contribution in [2.24, 2.45) is 0 Å². The summed E-state index contributed by atoms with van der Waals surface area (Å²) in [4.78, 5) is 17.6. The van der Waals surface area contributed by atoms with Crippen molar-refractivity contribution in [3.05, 3.63) is 58.1 Å². The number of carbonyl (C=O) groups excluding carboxylic acids is 1. The topological polar surface area (TPSA) is 42.0 Å². The fourth-order valence-corrected chi connectivity index (χ4v) is 3.56. The second-order valence-corrected chi connectivity index (χ2v) is 6.60. The van der Waals surface area contributed by atoms with Crippen LogP contribution in [-0.2, 0) is 6.42 Å². The van der Waals surface area contributed by atoms with Gasteiger partial charge in [0.15, 0.2) is 5.78 Å². The van der Waals surface area contributed by atoms with E-state index < -0.39 is 0 Å². The normalized spacial score (nSPS) is 18.4. The first kappa shape index (κ1) is 13.1. The van der Waals surface area contributed by atoms with E-state index in [4.69, 9.17) is 0 Å².